The fourth-order valence-corrected chi connectivity index (χ4v) is 2.33. The van der Waals surface area contributed by atoms with Gasteiger partial charge in [-0.05, 0) is 44.4 Å². The van der Waals surface area contributed by atoms with Crippen molar-refractivity contribution >= 4 is 5.91 Å². The quantitative estimate of drug-likeness (QED) is 0.887. The summed E-state index contributed by atoms with van der Waals surface area (Å²) in [5.74, 6) is 0.739. The van der Waals surface area contributed by atoms with Crippen molar-refractivity contribution < 1.29 is 14.6 Å². The molecule has 0 aromatic heterocycles. The summed E-state index contributed by atoms with van der Waals surface area (Å²) in [6.45, 7) is 4.97. The monoisotopic (exact) mass is 263 g/mol. The molecule has 4 heteroatoms. The van der Waals surface area contributed by atoms with Gasteiger partial charge in [0.1, 0.15) is 5.75 Å². The van der Waals surface area contributed by atoms with Crippen LogP contribution in [0.3, 0.4) is 0 Å². The van der Waals surface area contributed by atoms with Crippen LogP contribution in [0.5, 0.6) is 5.75 Å². The molecule has 19 heavy (non-hydrogen) atoms. The SMILES string of the molecule is COc1cc(C(=O)N2CCC(C)(O)CC2)ccc1C. The molecule has 1 amide bonds. The van der Waals surface area contributed by atoms with E-state index < -0.39 is 5.60 Å². The number of hydrogen-bond donors (Lipinski definition) is 1. The predicted octanol–water partition coefficient (Wildman–Crippen LogP) is 1.99. The van der Waals surface area contributed by atoms with Crippen LogP contribution in [0, 0.1) is 6.92 Å². The topological polar surface area (TPSA) is 49.8 Å². The summed E-state index contributed by atoms with van der Waals surface area (Å²) in [5.41, 5.74) is 1.02. The molecule has 1 aliphatic heterocycles. The molecule has 4 nitrogen and oxygen atoms in total. The summed E-state index contributed by atoms with van der Waals surface area (Å²) in [4.78, 5) is 14.2. The number of carbonyl (C=O) groups excluding carboxylic acids is 1. The molecule has 1 N–H and O–H groups in total. The third-order valence-corrected chi connectivity index (χ3v) is 3.78. The van der Waals surface area contributed by atoms with Gasteiger partial charge in [0.2, 0.25) is 0 Å². The number of benzene rings is 1. The Hall–Kier alpha value is -1.55. The number of ether oxygens (including phenoxy) is 1. The highest BCUT2D eigenvalue weighted by molar-refractivity contribution is 5.94. The van der Waals surface area contributed by atoms with Gasteiger partial charge in [-0.3, -0.25) is 4.79 Å². The van der Waals surface area contributed by atoms with Gasteiger partial charge in [0, 0.05) is 18.7 Å². The first-order chi connectivity index (χ1) is 8.93. The lowest BCUT2D eigenvalue weighted by molar-refractivity contribution is -0.00203. The Kier molecular flexibility index (Phi) is 3.80. The Bertz CT molecular complexity index is 472. The van der Waals surface area contributed by atoms with Crippen molar-refractivity contribution in [3.05, 3.63) is 29.3 Å². The molecule has 2 rings (SSSR count). The van der Waals surface area contributed by atoms with Crippen LogP contribution in [-0.2, 0) is 0 Å². The van der Waals surface area contributed by atoms with Gasteiger partial charge in [-0.2, -0.15) is 0 Å². The van der Waals surface area contributed by atoms with E-state index in [0.717, 1.165) is 11.3 Å². The molecule has 0 bridgehead atoms. The third-order valence-electron chi connectivity index (χ3n) is 3.78. The number of rotatable bonds is 2. The van der Waals surface area contributed by atoms with E-state index in [1.165, 1.54) is 0 Å². The lowest BCUT2D eigenvalue weighted by Gasteiger charge is -2.35. The lowest BCUT2D eigenvalue weighted by atomic mass is 9.93. The molecule has 1 fully saturated rings. The van der Waals surface area contributed by atoms with Gasteiger partial charge in [0.15, 0.2) is 0 Å². The minimum Gasteiger partial charge on any atom is -0.496 e. The van der Waals surface area contributed by atoms with Crippen LogP contribution < -0.4 is 4.74 Å². The average Bonchev–Trinajstić information content (AvgIpc) is 2.38. The van der Waals surface area contributed by atoms with Gasteiger partial charge >= 0.3 is 0 Å². The highest BCUT2D eigenvalue weighted by atomic mass is 16.5. The number of aliphatic hydroxyl groups is 1. The number of amides is 1. The van der Waals surface area contributed by atoms with Crippen LogP contribution in [0.4, 0.5) is 0 Å². The van der Waals surface area contributed by atoms with Gasteiger partial charge < -0.3 is 14.7 Å². The summed E-state index contributed by atoms with van der Waals surface area (Å²) >= 11 is 0. The average molecular weight is 263 g/mol. The van der Waals surface area contributed by atoms with Crippen LogP contribution >= 0.6 is 0 Å². The molecule has 1 aliphatic rings. The Morgan fingerprint density at radius 3 is 2.58 bits per heavy atom. The lowest BCUT2D eigenvalue weighted by Crippen LogP contribution is -2.45. The van der Waals surface area contributed by atoms with Crippen LogP contribution in [0.2, 0.25) is 0 Å². The van der Waals surface area contributed by atoms with E-state index in [1.807, 2.05) is 26.0 Å². The number of carbonyl (C=O) groups is 1. The summed E-state index contributed by atoms with van der Waals surface area (Å²) in [6.07, 6.45) is 1.25. The van der Waals surface area contributed by atoms with Gasteiger partial charge in [0.05, 0.1) is 12.7 Å². The van der Waals surface area contributed by atoms with E-state index >= 15 is 0 Å². The van der Waals surface area contributed by atoms with E-state index in [-0.39, 0.29) is 5.91 Å². The van der Waals surface area contributed by atoms with Crippen molar-refractivity contribution in [2.75, 3.05) is 20.2 Å². The summed E-state index contributed by atoms with van der Waals surface area (Å²) in [7, 11) is 1.61. The molecule has 1 aromatic carbocycles. The predicted molar refractivity (Wildman–Crippen MR) is 73.5 cm³/mol. The maximum absolute atomic E-state index is 12.4. The molecule has 0 aliphatic carbocycles. The number of piperidine rings is 1. The molecule has 0 unspecified atom stereocenters. The molecule has 104 valence electrons. The summed E-state index contributed by atoms with van der Waals surface area (Å²) < 4.78 is 5.25. The number of methoxy groups -OCH3 is 1. The minimum atomic E-state index is -0.637. The number of likely N-dealkylation sites (tertiary alicyclic amines) is 1. The first-order valence-corrected chi connectivity index (χ1v) is 6.59. The van der Waals surface area contributed by atoms with E-state index in [9.17, 15) is 9.90 Å². The molecule has 0 atom stereocenters. The first-order valence-electron chi connectivity index (χ1n) is 6.59. The number of hydrogen-bond acceptors (Lipinski definition) is 3. The summed E-state index contributed by atoms with van der Waals surface area (Å²) in [5, 5.41) is 9.91. The van der Waals surface area contributed by atoms with E-state index in [4.69, 9.17) is 4.74 Å². The van der Waals surface area contributed by atoms with Gasteiger partial charge in [-0.15, -0.1) is 0 Å². The Labute approximate surface area is 114 Å². The fourth-order valence-electron chi connectivity index (χ4n) is 2.33. The third kappa shape index (κ3) is 3.07. The van der Waals surface area contributed by atoms with Crippen molar-refractivity contribution in [3.63, 3.8) is 0 Å². The Morgan fingerprint density at radius 2 is 2.00 bits per heavy atom. The summed E-state index contributed by atoms with van der Waals surface area (Å²) in [6, 6.07) is 5.50. The van der Waals surface area contributed by atoms with E-state index in [1.54, 1.807) is 18.1 Å². The van der Waals surface area contributed by atoms with Crippen molar-refractivity contribution in [1.29, 1.82) is 0 Å². The van der Waals surface area contributed by atoms with Crippen molar-refractivity contribution in [2.24, 2.45) is 0 Å². The molecular formula is C15H21NO3. The van der Waals surface area contributed by atoms with Crippen molar-refractivity contribution in [2.45, 2.75) is 32.3 Å². The van der Waals surface area contributed by atoms with Crippen LogP contribution in [0.15, 0.2) is 18.2 Å². The zero-order valence-corrected chi connectivity index (χ0v) is 11.8. The second-order valence-corrected chi connectivity index (χ2v) is 5.47. The second kappa shape index (κ2) is 5.21. The standard InChI is InChI=1S/C15H21NO3/c1-11-4-5-12(10-13(11)19-3)14(17)16-8-6-15(2,18)7-9-16/h4-5,10,18H,6-9H2,1-3H3. The molecule has 1 heterocycles. The maximum Gasteiger partial charge on any atom is 0.253 e. The largest absolute Gasteiger partial charge is 0.496 e. The molecule has 1 aromatic rings. The molecule has 0 radical (unpaired) electrons. The normalized spacial score (nSPS) is 18.2. The van der Waals surface area contributed by atoms with E-state index in [0.29, 0.717) is 31.5 Å². The van der Waals surface area contributed by atoms with Crippen LogP contribution in [-0.4, -0.2) is 41.7 Å². The first kappa shape index (κ1) is 13.9. The molecule has 1 saturated heterocycles. The second-order valence-electron chi connectivity index (χ2n) is 5.47. The smallest absolute Gasteiger partial charge is 0.253 e. The van der Waals surface area contributed by atoms with Gasteiger partial charge in [-0.1, -0.05) is 6.07 Å². The zero-order valence-electron chi connectivity index (χ0n) is 11.8. The van der Waals surface area contributed by atoms with Crippen molar-refractivity contribution in [1.82, 2.24) is 4.90 Å². The number of nitrogens with zero attached hydrogens (tertiary/aromatic N) is 1. The van der Waals surface area contributed by atoms with Gasteiger partial charge in [0.25, 0.3) is 5.91 Å². The fraction of sp³-hybridized carbons (Fsp3) is 0.533. The molecule has 0 spiro atoms. The van der Waals surface area contributed by atoms with Crippen LogP contribution in [0.25, 0.3) is 0 Å². The van der Waals surface area contributed by atoms with Crippen LogP contribution in [0.1, 0.15) is 35.7 Å². The maximum atomic E-state index is 12.4. The molecule has 0 saturated carbocycles. The highest BCUT2D eigenvalue weighted by Crippen LogP contribution is 2.24. The van der Waals surface area contributed by atoms with E-state index in [2.05, 4.69) is 0 Å². The van der Waals surface area contributed by atoms with Gasteiger partial charge in [-0.25, -0.2) is 0 Å². The van der Waals surface area contributed by atoms with Crippen molar-refractivity contribution in [3.8, 4) is 5.75 Å². The zero-order chi connectivity index (χ0) is 14.0. The number of aryl methyl sites for hydroxylation is 1. The minimum absolute atomic E-state index is 0.00815. The highest BCUT2D eigenvalue weighted by Gasteiger charge is 2.30. The Balaban J connectivity index is 2.12. The molecular weight excluding hydrogens is 242 g/mol. The Morgan fingerprint density at radius 1 is 1.37 bits per heavy atom.